The summed E-state index contributed by atoms with van der Waals surface area (Å²) in [7, 11) is 0. The number of hydrogen-bond acceptors (Lipinski definition) is 2. The summed E-state index contributed by atoms with van der Waals surface area (Å²) in [4.78, 5) is 13.2. The lowest BCUT2D eigenvalue weighted by Gasteiger charge is -2.43. The van der Waals surface area contributed by atoms with Gasteiger partial charge in [0.25, 0.3) is 0 Å². The van der Waals surface area contributed by atoms with Crippen LogP contribution in [0.15, 0.2) is 60.7 Å². The third-order valence-corrected chi connectivity index (χ3v) is 4.43. The van der Waals surface area contributed by atoms with Crippen molar-refractivity contribution in [3.8, 4) is 0 Å². The molecule has 2 nitrogen and oxygen atoms in total. The highest BCUT2D eigenvalue weighted by molar-refractivity contribution is 6.03. The van der Waals surface area contributed by atoms with E-state index in [0.717, 1.165) is 0 Å². The lowest BCUT2D eigenvalue weighted by molar-refractivity contribution is -0.245. The van der Waals surface area contributed by atoms with Crippen LogP contribution in [0.3, 0.4) is 0 Å². The number of carbonyl (C=O) groups excluding carboxylic acids is 1. The molecular weight excluding hydrogens is 317 g/mol. The molecule has 5 heteroatoms. The minimum absolute atomic E-state index is 0.125. The minimum Gasteiger partial charge on any atom is -0.361 e. The van der Waals surface area contributed by atoms with E-state index in [1.165, 1.54) is 24.3 Å². The number of halogens is 3. The highest BCUT2D eigenvalue weighted by Gasteiger charge is 2.60. The van der Waals surface area contributed by atoms with Gasteiger partial charge in [-0.25, -0.2) is 0 Å². The zero-order valence-electron chi connectivity index (χ0n) is 12.9. The van der Waals surface area contributed by atoms with Gasteiger partial charge in [0.2, 0.25) is 0 Å². The molecule has 1 saturated heterocycles. The molecule has 1 aliphatic heterocycles. The number of hydrogen-bond donors (Lipinski definition) is 0. The second-order valence-electron chi connectivity index (χ2n) is 5.88. The Hall–Kier alpha value is -2.14. The first kappa shape index (κ1) is 16.7. The third kappa shape index (κ3) is 2.84. The van der Waals surface area contributed by atoms with Crippen molar-refractivity contribution >= 4 is 5.78 Å². The number of benzene rings is 2. The molecule has 2 atom stereocenters. The van der Waals surface area contributed by atoms with E-state index in [4.69, 9.17) is 4.74 Å². The summed E-state index contributed by atoms with van der Waals surface area (Å²) in [5.74, 6) is -2.51. The standard InChI is InChI=1S/C19H17F3O2/c20-19(21,22)16-12-7-13-24-18(16,15-10-5-2-6-11-15)17(23)14-8-3-1-4-9-14/h1-6,8-11,16H,7,12-13H2/t16-,18+/m0/s1. The SMILES string of the molecule is O=C(c1ccccc1)[C@]1(c2ccccc2)OCCC[C@@H]1C(F)(F)F. The van der Waals surface area contributed by atoms with Gasteiger partial charge in [0.05, 0.1) is 5.92 Å². The highest BCUT2D eigenvalue weighted by Crippen LogP contribution is 2.49. The Morgan fingerprint density at radius 1 is 1.00 bits per heavy atom. The largest absolute Gasteiger partial charge is 0.395 e. The maximum atomic E-state index is 13.8. The van der Waals surface area contributed by atoms with Crippen molar-refractivity contribution in [2.45, 2.75) is 24.6 Å². The van der Waals surface area contributed by atoms with Crippen molar-refractivity contribution in [1.29, 1.82) is 0 Å². The van der Waals surface area contributed by atoms with Gasteiger partial charge in [-0.1, -0.05) is 60.7 Å². The van der Waals surface area contributed by atoms with Gasteiger partial charge in [-0.15, -0.1) is 0 Å². The Morgan fingerprint density at radius 3 is 2.17 bits per heavy atom. The van der Waals surface area contributed by atoms with Gasteiger partial charge in [0.1, 0.15) is 0 Å². The van der Waals surface area contributed by atoms with Crippen molar-refractivity contribution in [2.75, 3.05) is 6.61 Å². The van der Waals surface area contributed by atoms with Gasteiger partial charge < -0.3 is 4.74 Å². The molecule has 0 aromatic heterocycles. The van der Waals surface area contributed by atoms with E-state index in [9.17, 15) is 18.0 Å². The zero-order valence-corrected chi connectivity index (χ0v) is 12.9. The molecule has 126 valence electrons. The summed E-state index contributed by atoms with van der Waals surface area (Å²) < 4.78 is 46.9. The summed E-state index contributed by atoms with van der Waals surface area (Å²) in [6.07, 6.45) is -4.38. The van der Waals surface area contributed by atoms with Crippen LogP contribution in [0.25, 0.3) is 0 Å². The van der Waals surface area contributed by atoms with Gasteiger partial charge in [-0.2, -0.15) is 13.2 Å². The van der Waals surface area contributed by atoms with Gasteiger partial charge >= 0.3 is 6.18 Å². The van der Waals surface area contributed by atoms with Crippen LogP contribution < -0.4 is 0 Å². The van der Waals surface area contributed by atoms with E-state index in [-0.39, 0.29) is 30.6 Å². The highest BCUT2D eigenvalue weighted by atomic mass is 19.4. The molecule has 3 rings (SSSR count). The van der Waals surface area contributed by atoms with Gasteiger partial charge in [0.15, 0.2) is 11.4 Å². The Balaban J connectivity index is 2.19. The first-order chi connectivity index (χ1) is 11.5. The zero-order chi connectivity index (χ0) is 17.2. The Bertz CT molecular complexity index is 698. The molecule has 0 saturated carbocycles. The normalized spacial score (nSPS) is 24.5. The van der Waals surface area contributed by atoms with E-state index in [0.29, 0.717) is 0 Å². The fourth-order valence-corrected chi connectivity index (χ4v) is 3.35. The molecule has 0 aliphatic carbocycles. The summed E-state index contributed by atoms with van der Waals surface area (Å²) in [5.41, 5.74) is -1.56. The average molecular weight is 334 g/mol. The quantitative estimate of drug-likeness (QED) is 0.757. The number of Topliss-reactive ketones (excluding diaryl/α,β-unsaturated/α-hetero) is 1. The van der Waals surface area contributed by atoms with Crippen LogP contribution in [-0.4, -0.2) is 18.6 Å². The van der Waals surface area contributed by atoms with Crippen LogP contribution in [0, 0.1) is 5.92 Å². The Morgan fingerprint density at radius 2 is 1.58 bits per heavy atom. The Kier molecular flexibility index (Phi) is 4.45. The molecule has 1 heterocycles. The van der Waals surface area contributed by atoms with E-state index in [2.05, 4.69) is 0 Å². The van der Waals surface area contributed by atoms with Crippen molar-refractivity contribution < 1.29 is 22.7 Å². The van der Waals surface area contributed by atoms with E-state index in [1.54, 1.807) is 36.4 Å². The number of ether oxygens (including phenoxy) is 1. The smallest absolute Gasteiger partial charge is 0.361 e. The topological polar surface area (TPSA) is 26.3 Å². The second kappa shape index (κ2) is 6.40. The summed E-state index contributed by atoms with van der Waals surface area (Å²) in [6, 6.07) is 16.1. The van der Waals surface area contributed by atoms with Gasteiger partial charge in [-0.3, -0.25) is 4.79 Å². The van der Waals surface area contributed by atoms with E-state index < -0.39 is 23.5 Å². The molecule has 2 aromatic carbocycles. The molecule has 0 amide bonds. The lowest BCUT2D eigenvalue weighted by Crippen LogP contribution is -2.53. The maximum Gasteiger partial charge on any atom is 0.395 e. The molecule has 0 unspecified atom stereocenters. The van der Waals surface area contributed by atoms with Crippen LogP contribution in [0.2, 0.25) is 0 Å². The van der Waals surface area contributed by atoms with Crippen LogP contribution in [0.1, 0.15) is 28.8 Å². The van der Waals surface area contributed by atoms with Crippen LogP contribution in [0.5, 0.6) is 0 Å². The van der Waals surface area contributed by atoms with Crippen molar-refractivity contribution in [3.63, 3.8) is 0 Å². The first-order valence-corrected chi connectivity index (χ1v) is 7.82. The van der Waals surface area contributed by atoms with E-state index >= 15 is 0 Å². The van der Waals surface area contributed by atoms with Crippen molar-refractivity contribution in [1.82, 2.24) is 0 Å². The molecule has 24 heavy (non-hydrogen) atoms. The van der Waals surface area contributed by atoms with Crippen molar-refractivity contribution in [3.05, 3.63) is 71.8 Å². The molecule has 0 N–H and O–H groups in total. The predicted molar refractivity (Wildman–Crippen MR) is 83.6 cm³/mol. The predicted octanol–water partition coefficient (Wildman–Crippen LogP) is 4.75. The molecule has 0 radical (unpaired) electrons. The van der Waals surface area contributed by atoms with Gasteiger partial charge in [-0.05, 0) is 18.4 Å². The first-order valence-electron chi connectivity index (χ1n) is 7.82. The average Bonchev–Trinajstić information content (AvgIpc) is 2.61. The fraction of sp³-hybridized carbons (Fsp3) is 0.316. The Labute approximate surface area is 138 Å². The van der Waals surface area contributed by atoms with Crippen LogP contribution >= 0.6 is 0 Å². The molecule has 1 aliphatic rings. The van der Waals surface area contributed by atoms with Crippen LogP contribution in [-0.2, 0) is 10.3 Å². The molecule has 0 spiro atoms. The molecule has 1 fully saturated rings. The lowest BCUT2D eigenvalue weighted by atomic mass is 9.72. The molecular formula is C19H17F3O2. The van der Waals surface area contributed by atoms with E-state index in [1.807, 2.05) is 0 Å². The summed E-state index contributed by atoms with van der Waals surface area (Å²) >= 11 is 0. The second-order valence-corrected chi connectivity index (χ2v) is 5.88. The third-order valence-electron chi connectivity index (χ3n) is 4.43. The fourth-order valence-electron chi connectivity index (χ4n) is 3.35. The number of alkyl halides is 3. The van der Waals surface area contributed by atoms with Crippen molar-refractivity contribution in [2.24, 2.45) is 5.92 Å². The summed E-state index contributed by atoms with van der Waals surface area (Å²) in [6.45, 7) is 0.125. The number of ketones is 1. The maximum absolute atomic E-state index is 13.8. The minimum atomic E-state index is -4.53. The number of rotatable bonds is 3. The van der Waals surface area contributed by atoms with Crippen LogP contribution in [0.4, 0.5) is 13.2 Å². The number of carbonyl (C=O) groups is 1. The monoisotopic (exact) mass is 334 g/mol. The summed E-state index contributed by atoms with van der Waals surface area (Å²) in [5, 5.41) is 0. The molecule has 0 bridgehead atoms. The molecule has 2 aromatic rings. The van der Waals surface area contributed by atoms with Gasteiger partial charge in [0, 0.05) is 12.2 Å².